The zero-order valence-electron chi connectivity index (χ0n) is 13.1. The van der Waals surface area contributed by atoms with Gasteiger partial charge in [-0.15, -0.1) is 0 Å². The van der Waals surface area contributed by atoms with Crippen molar-refractivity contribution in [2.24, 2.45) is 0 Å². The van der Waals surface area contributed by atoms with E-state index in [1.165, 1.54) is 0 Å². The Kier molecular flexibility index (Phi) is 7.24. The van der Waals surface area contributed by atoms with Crippen molar-refractivity contribution in [3.63, 3.8) is 0 Å². The molecule has 4 nitrogen and oxygen atoms in total. The second kappa shape index (κ2) is 8.68. The largest absolute Gasteiger partial charge is 0.492 e. The van der Waals surface area contributed by atoms with Crippen LogP contribution in [0.5, 0.6) is 5.75 Å². The zero-order chi connectivity index (χ0) is 15.7. The minimum atomic E-state index is -0.691. The van der Waals surface area contributed by atoms with Crippen LogP contribution in [0.3, 0.4) is 0 Å². The quantitative estimate of drug-likeness (QED) is 0.748. The molecule has 1 rings (SSSR count). The summed E-state index contributed by atoms with van der Waals surface area (Å²) in [6.45, 7) is 5.61. The van der Waals surface area contributed by atoms with Gasteiger partial charge in [0, 0.05) is 25.1 Å². The maximum atomic E-state index is 9.71. The Hall–Kier alpha value is -1.54. The summed E-state index contributed by atoms with van der Waals surface area (Å²) >= 11 is 0. The van der Waals surface area contributed by atoms with Crippen LogP contribution in [0.25, 0.3) is 0 Å². The van der Waals surface area contributed by atoms with E-state index in [2.05, 4.69) is 11.8 Å². The highest BCUT2D eigenvalue weighted by Crippen LogP contribution is 2.11. The third-order valence-corrected chi connectivity index (χ3v) is 2.72. The number of aliphatic hydroxyl groups is 2. The molecule has 0 saturated heterocycles. The molecule has 1 aromatic rings. The molecule has 0 bridgehead atoms. The molecule has 0 atom stereocenters. The van der Waals surface area contributed by atoms with Gasteiger partial charge in [-0.05, 0) is 45.2 Å². The molecule has 2 N–H and O–H groups in total. The molecule has 0 fully saturated rings. The van der Waals surface area contributed by atoms with Crippen LogP contribution < -0.4 is 4.74 Å². The summed E-state index contributed by atoms with van der Waals surface area (Å²) in [4.78, 5) is 2.04. The van der Waals surface area contributed by atoms with Crippen LogP contribution in [0.15, 0.2) is 24.3 Å². The molecule has 0 radical (unpaired) electrons. The van der Waals surface area contributed by atoms with Crippen molar-refractivity contribution in [2.45, 2.75) is 25.9 Å². The van der Waals surface area contributed by atoms with Gasteiger partial charge in [-0.3, -0.25) is 0 Å². The van der Waals surface area contributed by atoms with Gasteiger partial charge in [0.25, 0.3) is 0 Å². The topological polar surface area (TPSA) is 52.9 Å². The Bertz CT molecular complexity index is 466. The fourth-order valence-corrected chi connectivity index (χ4v) is 1.91. The van der Waals surface area contributed by atoms with Crippen molar-refractivity contribution in [1.29, 1.82) is 0 Å². The van der Waals surface area contributed by atoms with Crippen LogP contribution in [-0.4, -0.2) is 54.1 Å². The lowest BCUT2D eigenvalue weighted by atomic mass is 10.1. The molecule has 116 valence electrons. The molecule has 1 aromatic carbocycles. The van der Waals surface area contributed by atoms with E-state index in [4.69, 9.17) is 9.84 Å². The second-order valence-corrected chi connectivity index (χ2v) is 5.70. The molecule has 0 heterocycles. The first-order valence-electron chi connectivity index (χ1n) is 7.14. The maximum Gasteiger partial charge on any atom is 0.119 e. The van der Waals surface area contributed by atoms with E-state index >= 15 is 0 Å². The number of hydrogen-bond acceptors (Lipinski definition) is 4. The van der Waals surface area contributed by atoms with Gasteiger partial charge in [-0.2, -0.15) is 0 Å². The normalized spacial score (nSPS) is 11.1. The lowest BCUT2D eigenvalue weighted by molar-refractivity contribution is 0.0411. The fourth-order valence-electron chi connectivity index (χ4n) is 1.91. The monoisotopic (exact) mass is 291 g/mol. The zero-order valence-corrected chi connectivity index (χ0v) is 13.1. The van der Waals surface area contributed by atoms with Gasteiger partial charge >= 0.3 is 0 Å². The van der Waals surface area contributed by atoms with Crippen molar-refractivity contribution in [3.05, 3.63) is 29.8 Å². The van der Waals surface area contributed by atoms with Gasteiger partial charge < -0.3 is 19.8 Å². The number of ether oxygens (including phenoxy) is 1. The van der Waals surface area contributed by atoms with Gasteiger partial charge in [-0.1, -0.05) is 11.8 Å². The van der Waals surface area contributed by atoms with Crippen LogP contribution in [-0.2, 0) is 0 Å². The Morgan fingerprint density at radius 1 is 1.24 bits per heavy atom. The minimum absolute atomic E-state index is 0.0896. The Labute approximate surface area is 127 Å². The number of benzene rings is 1. The molecule has 0 aromatic heterocycles. The van der Waals surface area contributed by atoms with Gasteiger partial charge in [0.05, 0.1) is 12.2 Å². The van der Waals surface area contributed by atoms with Crippen LogP contribution >= 0.6 is 0 Å². The molecule has 0 aliphatic heterocycles. The fraction of sp³-hybridized carbons (Fsp3) is 0.529. The predicted molar refractivity (Wildman–Crippen MR) is 84.3 cm³/mol. The molecule has 0 aliphatic rings. The summed E-state index contributed by atoms with van der Waals surface area (Å²) in [6, 6.07) is 7.58. The van der Waals surface area contributed by atoms with Gasteiger partial charge in [0.15, 0.2) is 0 Å². The lowest BCUT2D eigenvalue weighted by Gasteiger charge is -2.25. The first kappa shape index (κ1) is 17.5. The van der Waals surface area contributed by atoms with E-state index in [0.717, 1.165) is 17.9 Å². The molecule has 0 aliphatic carbocycles. The summed E-state index contributed by atoms with van der Waals surface area (Å²) < 4.78 is 5.66. The van der Waals surface area contributed by atoms with Crippen LogP contribution in [0, 0.1) is 11.8 Å². The van der Waals surface area contributed by atoms with Crippen molar-refractivity contribution in [2.75, 3.05) is 33.4 Å². The van der Waals surface area contributed by atoms with Crippen molar-refractivity contribution >= 4 is 0 Å². The number of aliphatic hydroxyl groups excluding tert-OH is 1. The van der Waals surface area contributed by atoms with E-state index in [0.29, 0.717) is 19.6 Å². The number of rotatable bonds is 7. The lowest BCUT2D eigenvalue weighted by Crippen LogP contribution is -2.38. The van der Waals surface area contributed by atoms with E-state index in [1.807, 2.05) is 36.2 Å². The highest BCUT2D eigenvalue weighted by Gasteiger charge is 2.15. The number of nitrogens with zero attached hydrogens (tertiary/aromatic N) is 1. The molecule has 0 saturated carbocycles. The highest BCUT2D eigenvalue weighted by molar-refractivity contribution is 5.38. The summed E-state index contributed by atoms with van der Waals surface area (Å²) in [6.07, 6.45) is 0.492. The van der Waals surface area contributed by atoms with Gasteiger partial charge in [0.2, 0.25) is 0 Å². The standard InChI is InChI=1S/C17H25NO3/c1-17(2,20)14-18(3)11-13-21-16-9-7-15(8-10-16)6-4-5-12-19/h7-10,19-20H,5,11-14H2,1-3H3. The van der Waals surface area contributed by atoms with E-state index in [9.17, 15) is 5.11 Å². The smallest absolute Gasteiger partial charge is 0.119 e. The third kappa shape index (κ3) is 8.36. The summed E-state index contributed by atoms with van der Waals surface area (Å²) in [5.74, 6) is 6.66. The number of hydrogen-bond donors (Lipinski definition) is 2. The molecule has 21 heavy (non-hydrogen) atoms. The first-order valence-corrected chi connectivity index (χ1v) is 7.14. The Morgan fingerprint density at radius 2 is 1.90 bits per heavy atom. The summed E-state index contributed by atoms with van der Waals surface area (Å²) in [5, 5.41) is 18.4. The van der Waals surface area contributed by atoms with Crippen molar-refractivity contribution < 1.29 is 14.9 Å². The second-order valence-electron chi connectivity index (χ2n) is 5.70. The van der Waals surface area contributed by atoms with Crippen LogP contribution in [0.2, 0.25) is 0 Å². The molecule has 4 heteroatoms. The van der Waals surface area contributed by atoms with Crippen LogP contribution in [0.4, 0.5) is 0 Å². The first-order chi connectivity index (χ1) is 9.90. The Balaban J connectivity index is 2.35. The number of likely N-dealkylation sites (N-methyl/N-ethyl adjacent to an activating group) is 1. The average molecular weight is 291 g/mol. The SMILES string of the molecule is CN(CCOc1ccc(C#CCCO)cc1)CC(C)(C)O. The molecule has 0 spiro atoms. The molecular weight excluding hydrogens is 266 g/mol. The summed E-state index contributed by atoms with van der Waals surface area (Å²) in [5.41, 5.74) is 0.221. The van der Waals surface area contributed by atoms with Crippen molar-refractivity contribution in [3.8, 4) is 17.6 Å². The predicted octanol–water partition coefficient (Wildman–Crippen LogP) is 1.50. The van der Waals surface area contributed by atoms with Crippen molar-refractivity contribution in [1.82, 2.24) is 4.90 Å². The van der Waals surface area contributed by atoms with Gasteiger partial charge in [-0.25, -0.2) is 0 Å². The molecule has 0 unspecified atom stereocenters. The average Bonchev–Trinajstić information content (AvgIpc) is 2.39. The maximum absolute atomic E-state index is 9.71. The highest BCUT2D eigenvalue weighted by atomic mass is 16.5. The third-order valence-electron chi connectivity index (χ3n) is 2.72. The molecular formula is C17H25NO3. The van der Waals surface area contributed by atoms with E-state index in [1.54, 1.807) is 13.8 Å². The minimum Gasteiger partial charge on any atom is -0.492 e. The molecule has 0 amide bonds. The van der Waals surface area contributed by atoms with Gasteiger partial charge in [0.1, 0.15) is 12.4 Å². The van der Waals surface area contributed by atoms with E-state index in [-0.39, 0.29) is 6.61 Å². The van der Waals surface area contributed by atoms with Crippen LogP contribution in [0.1, 0.15) is 25.8 Å². The Morgan fingerprint density at radius 3 is 2.48 bits per heavy atom. The van der Waals surface area contributed by atoms with E-state index < -0.39 is 5.60 Å². The summed E-state index contributed by atoms with van der Waals surface area (Å²) in [7, 11) is 1.96.